The van der Waals surface area contributed by atoms with Gasteiger partial charge in [-0.2, -0.15) is 0 Å². The van der Waals surface area contributed by atoms with E-state index in [1.807, 2.05) is 26.8 Å². The highest BCUT2D eigenvalue weighted by molar-refractivity contribution is 5.87. The zero-order valence-electron chi connectivity index (χ0n) is 16.2. The van der Waals surface area contributed by atoms with Crippen molar-refractivity contribution >= 4 is 11.0 Å². The van der Waals surface area contributed by atoms with Gasteiger partial charge in [-0.1, -0.05) is 37.3 Å². The molecular formula is C23H25NO3. The van der Waals surface area contributed by atoms with Crippen molar-refractivity contribution < 1.29 is 9.15 Å². The standard InChI is InChI=1S/C23H25NO3/c1-4-19-15(2)20-12-18-13-24(11-10-17-8-6-5-7-9-17)14-26-21(18)16(3)22(20)27-23(19)25/h5-9,12H,4,10-11,13-14H2,1-3H3. The lowest BCUT2D eigenvalue weighted by Crippen LogP contribution is -2.34. The molecule has 1 aliphatic rings. The average Bonchev–Trinajstić information content (AvgIpc) is 2.69. The number of hydrogen-bond acceptors (Lipinski definition) is 4. The van der Waals surface area contributed by atoms with E-state index in [1.165, 1.54) is 11.1 Å². The van der Waals surface area contributed by atoms with E-state index in [2.05, 4.69) is 35.2 Å². The maximum absolute atomic E-state index is 12.3. The van der Waals surface area contributed by atoms with Crippen LogP contribution in [0, 0.1) is 13.8 Å². The average molecular weight is 363 g/mol. The summed E-state index contributed by atoms with van der Waals surface area (Å²) in [4.78, 5) is 14.6. The maximum atomic E-state index is 12.3. The van der Waals surface area contributed by atoms with Gasteiger partial charge in [-0.15, -0.1) is 0 Å². The lowest BCUT2D eigenvalue weighted by molar-refractivity contribution is 0.0959. The first-order valence-electron chi connectivity index (χ1n) is 9.56. The molecule has 0 N–H and O–H groups in total. The van der Waals surface area contributed by atoms with E-state index < -0.39 is 0 Å². The molecule has 0 saturated carbocycles. The molecule has 0 aliphatic carbocycles. The normalized spacial score (nSPS) is 14.2. The van der Waals surface area contributed by atoms with Crippen LogP contribution in [0.1, 0.15) is 34.7 Å². The first-order chi connectivity index (χ1) is 13.1. The van der Waals surface area contributed by atoms with E-state index in [-0.39, 0.29) is 5.63 Å². The van der Waals surface area contributed by atoms with Crippen molar-refractivity contribution in [3.05, 3.63) is 74.6 Å². The van der Waals surface area contributed by atoms with Crippen LogP contribution >= 0.6 is 0 Å². The topological polar surface area (TPSA) is 42.7 Å². The zero-order valence-corrected chi connectivity index (χ0v) is 16.2. The van der Waals surface area contributed by atoms with Crippen molar-refractivity contribution in [2.24, 2.45) is 0 Å². The Morgan fingerprint density at radius 2 is 1.89 bits per heavy atom. The smallest absolute Gasteiger partial charge is 0.339 e. The minimum atomic E-state index is -0.231. The lowest BCUT2D eigenvalue weighted by atomic mass is 9.98. The van der Waals surface area contributed by atoms with Gasteiger partial charge >= 0.3 is 5.63 Å². The summed E-state index contributed by atoms with van der Waals surface area (Å²) in [5.41, 5.74) is 5.64. The van der Waals surface area contributed by atoms with Crippen molar-refractivity contribution in [2.75, 3.05) is 13.3 Å². The Bertz CT molecular complexity index is 1040. The molecule has 1 aromatic heterocycles. The highest BCUT2D eigenvalue weighted by Crippen LogP contribution is 2.36. The van der Waals surface area contributed by atoms with Crippen LogP contribution in [0.25, 0.3) is 11.0 Å². The summed E-state index contributed by atoms with van der Waals surface area (Å²) in [7, 11) is 0. The van der Waals surface area contributed by atoms with E-state index in [0.717, 1.165) is 47.3 Å². The molecule has 3 aromatic rings. The minimum absolute atomic E-state index is 0.231. The number of nitrogens with zero attached hydrogens (tertiary/aromatic N) is 1. The van der Waals surface area contributed by atoms with Crippen LogP contribution in [0.15, 0.2) is 45.6 Å². The molecule has 27 heavy (non-hydrogen) atoms. The second-order valence-electron chi connectivity index (χ2n) is 7.27. The van der Waals surface area contributed by atoms with Gasteiger partial charge in [-0.3, -0.25) is 4.90 Å². The fourth-order valence-corrected chi connectivity index (χ4v) is 3.98. The van der Waals surface area contributed by atoms with Crippen LogP contribution in [0.4, 0.5) is 0 Å². The predicted molar refractivity (Wildman–Crippen MR) is 107 cm³/mol. The second-order valence-corrected chi connectivity index (χ2v) is 7.27. The van der Waals surface area contributed by atoms with Gasteiger partial charge in [0.05, 0.1) is 0 Å². The monoisotopic (exact) mass is 363 g/mol. The van der Waals surface area contributed by atoms with Crippen molar-refractivity contribution in [2.45, 2.75) is 40.2 Å². The molecular weight excluding hydrogens is 338 g/mol. The van der Waals surface area contributed by atoms with Crippen LogP contribution in [-0.2, 0) is 19.4 Å². The Hall–Kier alpha value is -2.59. The van der Waals surface area contributed by atoms with Crippen LogP contribution < -0.4 is 10.4 Å². The van der Waals surface area contributed by atoms with Crippen LogP contribution in [0.2, 0.25) is 0 Å². The number of rotatable bonds is 4. The Kier molecular flexibility index (Phi) is 4.75. The van der Waals surface area contributed by atoms with E-state index in [4.69, 9.17) is 9.15 Å². The molecule has 0 unspecified atom stereocenters. The molecule has 0 bridgehead atoms. The highest BCUT2D eigenvalue weighted by Gasteiger charge is 2.23. The summed E-state index contributed by atoms with van der Waals surface area (Å²) < 4.78 is 11.7. The van der Waals surface area contributed by atoms with E-state index in [0.29, 0.717) is 18.7 Å². The lowest BCUT2D eigenvalue weighted by Gasteiger charge is -2.30. The summed E-state index contributed by atoms with van der Waals surface area (Å²) in [6, 6.07) is 12.7. The minimum Gasteiger partial charge on any atom is -0.477 e. The molecule has 4 rings (SSSR count). The molecule has 0 fully saturated rings. The third-order valence-electron chi connectivity index (χ3n) is 5.53. The molecule has 1 aliphatic heterocycles. The van der Waals surface area contributed by atoms with Gasteiger partial charge in [0.2, 0.25) is 0 Å². The van der Waals surface area contributed by atoms with Gasteiger partial charge in [-0.25, -0.2) is 4.79 Å². The summed E-state index contributed by atoms with van der Waals surface area (Å²) in [6.45, 7) is 8.34. The first kappa shape index (κ1) is 17.8. The van der Waals surface area contributed by atoms with Gasteiger partial charge in [-0.05, 0) is 43.9 Å². The Balaban J connectivity index is 1.65. The highest BCUT2D eigenvalue weighted by atomic mass is 16.5. The summed E-state index contributed by atoms with van der Waals surface area (Å²) >= 11 is 0. The van der Waals surface area contributed by atoms with Gasteiger partial charge in [0, 0.05) is 35.2 Å². The first-order valence-corrected chi connectivity index (χ1v) is 9.56. The number of fused-ring (bicyclic) bond motifs is 2. The van der Waals surface area contributed by atoms with Crippen molar-refractivity contribution in [1.29, 1.82) is 0 Å². The number of aryl methyl sites for hydroxylation is 2. The zero-order chi connectivity index (χ0) is 19.0. The molecule has 0 atom stereocenters. The van der Waals surface area contributed by atoms with E-state index in [1.54, 1.807) is 0 Å². The van der Waals surface area contributed by atoms with Crippen LogP contribution in [0.3, 0.4) is 0 Å². The molecule has 140 valence electrons. The molecule has 2 heterocycles. The molecule has 0 saturated heterocycles. The van der Waals surface area contributed by atoms with Crippen LogP contribution in [-0.4, -0.2) is 18.2 Å². The van der Waals surface area contributed by atoms with Crippen molar-refractivity contribution in [1.82, 2.24) is 4.90 Å². The van der Waals surface area contributed by atoms with Gasteiger partial charge < -0.3 is 9.15 Å². The second kappa shape index (κ2) is 7.20. The third-order valence-corrected chi connectivity index (χ3v) is 5.53. The fourth-order valence-electron chi connectivity index (χ4n) is 3.98. The predicted octanol–water partition coefficient (Wildman–Crippen LogP) is 4.37. The Morgan fingerprint density at radius 3 is 2.63 bits per heavy atom. The SMILES string of the molecule is CCc1c(C)c2cc3c(c(C)c2oc1=O)OCN(CCc1ccccc1)C3. The largest absolute Gasteiger partial charge is 0.477 e. The Labute approximate surface area is 159 Å². The molecule has 2 aromatic carbocycles. The summed E-state index contributed by atoms with van der Waals surface area (Å²) in [6.07, 6.45) is 1.68. The third kappa shape index (κ3) is 3.26. The number of benzene rings is 2. The van der Waals surface area contributed by atoms with Gasteiger partial charge in [0.1, 0.15) is 18.1 Å². The number of hydrogen-bond donors (Lipinski definition) is 0. The number of ether oxygens (including phenoxy) is 1. The summed E-state index contributed by atoms with van der Waals surface area (Å²) in [5, 5.41) is 1.02. The maximum Gasteiger partial charge on any atom is 0.339 e. The molecule has 0 spiro atoms. The van der Waals surface area contributed by atoms with Crippen molar-refractivity contribution in [3.63, 3.8) is 0 Å². The van der Waals surface area contributed by atoms with Crippen LogP contribution in [0.5, 0.6) is 5.75 Å². The molecule has 4 heteroatoms. The Morgan fingerprint density at radius 1 is 1.11 bits per heavy atom. The van der Waals surface area contributed by atoms with Gasteiger partial charge in [0.15, 0.2) is 0 Å². The quantitative estimate of drug-likeness (QED) is 0.646. The molecule has 0 amide bonds. The van der Waals surface area contributed by atoms with E-state index in [9.17, 15) is 4.79 Å². The molecule has 0 radical (unpaired) electrons. The van der Waals surface area contributed by atoms with Gasteiger partial charge in [0.25, 0.3) is 0 Å². The molecule has 4 nitrogen and oxygen atoms in total. The fraction of sp³-hybridized carbons (Fsp3) is 0.348. The van der Waals surface area contributed by atoms with Crippen molar-refractivity contribution in [3.8, 4) is 5.75 Å². The van der Waals surface area contributed by atoms with E-state index >= 15 is 0 Å². The summed E-state index contributed by atoms with van der Waals surface area (Å²) in [5.74, 6) is 0.866.